The van der Waals surface area contributed by atoms with Crippen molar-refractivity contribution < 1.29 is 19.1 Å². The second-order valence-corrected chi connectivity index (χ2v) is 8.21. The molecule has 150 valence electrons. The van der Waals surface area contributed by atoms with E-state index >= 15 is 0 Å². The lowest BCUT2D eigenvalue weighted by molar-refractivity contribution is -0.147. The highest BCUT2D eigenvalue weighted by Gasteiger charge is 2.37. The van der Waals surface area contributed by atoms with E-state index in [2.05, 4.69) is 25.3 Å². The van der Waals surface area contributed by atoms with Gasteiger partial charge in [-0.25, -0.2) is 0 Å². The summed E-state index contributed by atoms with van der Waals surface area (Å²) >= 11 is 0. The third-order valence-electron chi connectivity index (χ3n) is 5.19. The van der Waals surface area contributed by atoms with Crippen LogP contribution in [-0.4, -0.2) is 47.3 Å². The molecule has 27 heavy (non-hydrogen) atoms. The van der Waals surface area contributed by atoms with Crippen LogP contribution in [0.2, 0.25) is 0 Å². The van der Waals surface area contributed by atoms with Crippen LogP contribution in [-0.2, 0) is 33.7 Å². The molecule has 0 aromatic carbocycles. The second-order valence-electron chi connectivity index (χ2n) is 8.21. The molecular weight excluding hydrogens is 344 g/mol. The Morgan fingerprint density at radius 1 is 1.22 bits per heavy atom. The molecule has 1 aliphatic carbocycles. The van der Waals surface area contributed by atoms with Gasteiger partial charge in [0.15, 0.2) is 5.78 Å². The number of carbonyl (C=O) groups excluding carboxylic acids is 3. The van der Waals surface area contributed by atoms with Gasteiger partial charge in [-0.1, -0.05) is 20.8 Å². The Hall–Kier alpha value is -2.11. The van der Waals surface area contributed by atoms with Gasteiger partial charge in [-0.15, -0.1) is 0 Å². The highest BCUT2D eigenvalue weighted by Crippen LogP contribution is 2.39. The van der Waals surface area contributed by atoms with Gasteiger partial charge in [0, 0.05) is 37.0 Å². The lowest BCUT2D eigenvalue weighted by Crippen LogP contribution is -2.34. The van der Waals surface area contributed by atoms with Crippen LogP contribution in [0.4, 0.5) is 0 Å². The standard InChI is InChI=1S/C21H32N2O4/c1-7-9-23-14(3)15(10-18(25)22(6)13-19(26)27-8-2)20-16(23)11-21(4,5)12-17(20)24/h7-13H2,1-6H3. The maximum atomic E-state index is 12.9. The summed E-state index contributed by atoms with van der Waals surface area (Å²) in [6, 6.07) is 0. The van der Waals surface area contributed by atoms with Crippen LogP contribution in [0.3, 0.4) is 0 Å². The van der Waals surface area contributed by atoms with Crippen molar-refractivity contribution in [2.75, 3.05) is 20.2 Å². The van der Waals surface area contributed by atoms with Gasteiger partial charge in [-0.3, -0.25) is 14.4 Å². The number of nitrogens with zero attached hydrogens (tertiary/aromatic N) is 2. The normalized spacial score (nSPS) is 15.4. The van der Waals surface area contributed by atoms with E-state index in [1.165, 1.54) is 4.90 Å². The first-order chi connectivity index (χ1) is 12.6. The van der Waals surface area contributed by atoms with E-state index in [0.29, 0.717) is 6.42 Å². The Kier molecular flexibility index (Phi) is 6.50. The van der Waals surface area contributed by atoms with Crippen molar-refractivity contribution in [3.8, 4) is 0 Å². The largest absolute Gasteiger partial charge is 0.465 e. The minimum Gasteiger partial charge on any atom is -0.465 e. The predicted octanol–water partition coefficient (Wildman–Crippen LogP) is 2.93. The van der Waals surface area contributed by atoms with Crippen LogP contribution in [0.15, 0.2) is 0 Å². The molecule has 0 spiro atoms. The van der Waals surface area contributed by atoms with Gasteiger partial charge in [0.25, 0.3) is 0 Å². The van der Waals surface area contributed by atoms with Crippen molar-refractivity contribution in [2.24, 2.45) is 5.41 Å². The minimum atomic E-state index is -0.423. The van der Waals surface area contributed by atoms with Crippen molar-refractivity contribution in [3.05, 3.63) is 22.5 Å². The van der Waals surface area contributed by atoms with Crippen LogP contribution in [0.1, 0.15) is 67.8 Å². The van der Waals surface area contributed by atoms with Gasteiger partial charge in [0.05, 0.1) is 13.0 Å². The third kappa shape index (κ3) is 4.60. The molecule has 1 aromatic rings. The maximum Gasteiger partial charge on any atom is 0.325 e. The molecule has 0 unspecified atom stereocenters. The first kappa shape index (κ1) is 21.2. The summed E-state index contributed by atoms with van der Waals surface area (Å²) in [6.45, 7) is 11.1. The van der Waals surface area contributed by atoms with E-state index in [1.54, 1.807) is 14.0 Å². The molecule has 1 heterocycles. The van der Waals surface area contributed by atoms with Gasteiger partial charge in [-0.05, 0) is 37.7 Å². The van der Waals surface area contributed by atoms with Crippen molar-refractivity contribution in [3.63, 3.8) is 0 Å². The quantitative estimate of drug-likeness (QED) is 0.686. The first-order valence-electron chi connectivity index (χ1n) is 9.74. The Morgan fingerprint density at radius 3 is 2.48 bits per heavy atom. The Morgan fingerprint density at radius 2 is 1.89 bits per heavy atom. The van der Waals surface area contributed by atoms with Crippen molar-refractivity contribution in [2.45, 2.75) is 66.8 Å². The molecule has 0 saturated heterocycles. The van der Waals surface area contributed by atoms with Gasteiger partial charge in [0.1, 0.15) is 6.54 Å². The number of hydrogen-bond donors (Lipinski definition) is 0. The number of aromatic nitrogens is 1. The van der Waals surface area contributed by atoms with E-state index in [4.69, 9.17) is 4.74 Å². The summed E-state index contributed by atoms with van der Waals surface area (Å²) in [4.78, 5) is 38.6. The number of hydrogen-bond acceptors (Lipinski definition) is 4. The molecule has 0 radical (unpaired) electrons. The zero-order valence-corrected chi connectivity index (χ0v) is 17.5. The number of Topliss-reactive ketones (excluding diaryl/α,β-unsaturated/α-hetero) is 1. The van der Waals surface area contributed by atoms with E-state index < -0.39 is 5.97 Å². The highest BCUT2D eigenvalue weighted by atomic mass is 16.5. The van der Waals surface area contributed by atoms with Crippen LogP contribution in [0, 0.1) is 12.3 Å². The van der Waals surface area contributed by atoms with Gasteiger partial charge < -0.3 is 14.2 Å². The maximum absolute atomic E-state index is 12.9. The summed E-state index contributed by atoms with van der Waals surface area (Å²) < 4.78 is 7.12. The van der Waals surface area contributed by atoms with E-state index in [1.807, 2.05) is 6.92 Å². The van der Waals surface area contributed by atoms with Crippen LogP contribution in [0.5, 0.6) is 0 Å². The second kappa shape index (κ2) is 8.28. The molecule has 1 aliphatic rings. The average molecular weight is 376 g/mol. The molecule has 6 nitrogen and oxygen atoms in total. The Balaban J connectivity index is 2.33. The summed E-state index contributed by atoms with van der Waals surface area (Å²) in [6.07, 6.45) is 2.43. The number of esters is 1. The monoisotopic (exact) mass is 376 g/mol. The van der Waals surface area contributed by atoms with Gasteiger partial charge in [0.2, 0.25) is 5.91 Å². The average Bonchev–Trinajstić information content (AvgIpc) is 2.79. The highest BCUT2D eigenvalue weighted by molar-refractivity contribution is 6.02. The van der Waals surface area contributed by atoms with Crippen LogP contribution >= 0.6 is 0 Å². The molecule has 2 rings (SSSR count). The van der Waals surface area contributed by atoms with Gasteiger partial charge >= 0.3 is 5.97 Å². The lowest BCUT2D eigenvalue weighted by atomic mass is 9.75. The number of ether oxygens (including phenoxy) is 1. The Bertz CT molecular complexity index is 746. The number of rotatable bonds is 7. The number of amides is 1. The molecule has 0 atom stereocenters. The minimum absolute atomic E-state index is 0.0671. The van der Waals surface area contributed by atoms with E-state index in [0.717, 1.165) is 41.9 Å². The van der Waals surface area contributed by atoms with Crippen molar-refractivity contribution >= 4 is 17.7 Å². The fraction of sp³-hybridized carbons (Fsp3) is 0.667. The first-order valence-corrected chi connectivity index (χ1v) is 9.74. The molecule has 1 amide bonds. The summed E-state index contributed by atoms with van der Waals surface area (Å²) in [7, 11) is 1.59. The zero-order chi connectivity index (χ0) is 20.4. The molecule has 0 saturated carbocycles. The van der Waals surface area contributed by atoms with Gasteiger partial charge in [-0.2, -0.15) is 0 Å². The summed E-state index contributed by atoms with van der Waals surface area (Å²) in [5, 5.41) is 0. The smallest absolute Gasteiger partial charge is 0.325 e. The fourth-order valence-corrected chi connectivity index (χ4v) is 3.92. The summed E-state index contributed by atoms with van der Waals surface area (Å²) in [5.41, 5.74) is 3.54. The molecule has 6 heteroatoms. The van der Waals surface area contributed by atoms with Crippen LogP contribution < -0.4 is 0 Å². The molecule has 0 fully saturated rings. The molecular formula is C21H32N2O4. The number of likely N-dealkylation sites (N-methyl/N-ethyl adjacent to an activating group) is 1. The molecule has 0 aliphatic heterocycles. The predicted molar refractivity (Wildman–Crippen MR) is 104 cm³/mol. The fourth-order valence-electron chi connectivity index (χ4n) is 3.92. The Labute approximate surface area is 161 Å². The van der Waals surface area contributed by atoms with E-state index in [9.17, 15) is 14.4 Å². The number of ketones is 1. The molecule has 0 bridgehead atoms. The third-order valence-corrected chi connectivity index (χ3v) is 5.19. The summed E-state index contributed by atoms with van der Waals surface area (Å²) in [5.74, 6) is -0.483. The SMILES string of the molecule is CCCn1c(C)c(CC(=O)N(C)CC(=O)OCC)c2c1CC(C)(C)CC2=O. The van der Waals surface area contributed by atoms with Crippen LogP contribution in [0.25, 0.3) is 0 Å². The van der Waals surface area contributed by atoms with E-state index in [-0.39, 0.29) is 36.7 Å². The van der Waals surface area contributed by atoms with Crippen molar-refractivity contribution in [1.29, 1.82) is 0 Å². The molecule has 1 aromatic heterocycles. The topological polar surface area (TPSA) is 68.6 Å². The lowest BCUT2D eigenvalue weighted by Gasteiger charge is -2.30. The number of carbonyl (C=O) groups is 3. The number of fused-ring (bicyclic) bond motifs is 1. The van der Waals surface area contributed by atoms with Crippen molar-refractivity contribution in [1.82, 2.24) is 9.47 Å². The zero-order valence-electron chi connectivity index (χ0n) is 17.5. The molecule has 0 N–H and O–H groups in total.